The predicted octanol–water partition coefficient (Wildman–Crippen LogP) is 3.07. The molecule has 39 heavy (non-hydrogen) atoms. The minimum absolute atomic E-state index is 0.0187. The Morgan fingerprint density at radius 1 is 0.949 bits per heavy atom. The third-order valence-electron chi connectivity index (χ3n) is 6.35. The Morgan fingerprint density at radius 3 is 2.26 bits per heavy atom. The van der Waals surface area contributed by atoms with E-state index in [1.54, 1.807) is 35.9 Å². The molecule has 1 aliphatic heterocycles. The molecule has 3 rings (SSSR count). The summed E-state index contributed by atoms with van der Waals surface area (Å²) in [5, 5.41) is 3.10. The summed E-state index contributed by atoms with van der Waals surface area (Å²) in [4.78, 5) is -0.360. The topological polar surface area (TPSA) is 181 Å². The second kappa shape index (κ2) is 12.1. The zero-order valence-electron chi connectivity index (χ0n) is 21.1. The van der Waals surface area contributed by atoms with Gasteiger partial charge in [0.15, 0.2) is 5.71 Å². The van der Waals surface area contributed by atoms with Crippen molar-refractivity contribution in [2.75, 3.05) is 23.4 Å². The SMILES string of the molecule is CC1(CCCS(=O)(=O)O)C(/C=C/C=C/Nc2ccccc2)=[N+](CCCS(=O)(=O)[O-])c2ccc(S(=O)(=O)O)cc21. The van der Waals surface area contributed by atoms with Crippen molar-refractivity contribution in [1.29, 1.82) is 0 Å². The van der Waals surface area contributed by atoms with Crippen LogP contribution in [0.15, 0.2) is 77.9 Å². The molecule has 0 aliphatic carbocycles. The van der Waals surface area contributed by atoms with Crippen molar-refractivity contribution in [2.45, 2.75) is 36.5 Å². The molecule has 0 bridgehead atoms. The van der Waals surface area contributed by atoms with E-state index >= 15 is 0 Å². The quantitative estimate of drug-likeness (QED) is 0.176. The van der Waals surface area contributed by atoms with E-state index in [-0.39, 0.29) is 30.7 Å². The number of hydrogen-bond donors (Lipinski definition) is 3. The molecule has 1 atom stereocenters. The predicted molar refractivity (Wildman–Crippen MR) is 147 cm³/mol. The maximum atomic E-state index is 11.9. The van der Waals surface area contributed by atoms with E-state index in [4.69, 9.17) is 0 Å². The summed E-state index contributed by atoms with van der Waals surface area (Å²) < 4.78 is 101. The van der Waals surface area contributed by atoms with Crippen LogP contribution in [0, 0.1) is 0 Å². The molecule has 1 aliphatic rings. The molecular weight excluding hydrogens is 568 g/mol. The number of benzene rings is 2. The van der Waals surface area contributed by atoms with E-state index in [1.165, 1.54) is 18.2 Å². The lowest BCUT2D eigenvalue weighted by Crippen LogP contribution is -2.32. The average molecular weight is 599 g/mol. The number of fused-ring (bicyclic) bond motifs is 1. The fourth-order valence-corrected chi connectivity index (χ4v) is 6.08. The Hall–Kier alpha value is -2.88. The van der Waals surface area contributed by atoms with Crippen LogP contribution < -0.4 is 5.32 Å². The van der Waals surface area contributed by atoms with E-state index in [0.29, 0.717) is 17.0 Å². The van der Waals surface area contributed by atoms with E-state index in [2.05, 4.69) is 5.32 Å². The van der Waals surface area contributed by atoms with Gasteiger partial charge < -0.3 is 9.87 Å². The van der Waals surface area contributed by atoms with Gasteiger partial charge in [0.2, 0.25) is 5.69 Å². The van der Waals surface area contributed by atoms with Gasteiger partial charge in [0, 0.05) is 41.8 Å². The highest BCUT2D eigenvalue weighted by Gasteiger charge is 2.47. The average Bonchev–Trinajstić information content (AvgIpc) is 3.05. The van der Waals surface area contributed by atoms with Crippen LogP contribution in [0.5, 0.6) is 0 Å². The fraction of sp³-hybridized carbons (Fsp3) is 0.320. The van der Waals surface area contributed by atoms with Crippen molar-refractivity contribution in [3.63, 3.8) is 0 Å². The zero-order chi connectivity index (χ0) is 28.9. The third-order valence-corrected chi connectivity index (χ3v) is 8.79. The standard InChI is InChI=1S/C25H30N2O9S3/c1-25(14-7-17-37(28,29)30)22-19-21(39(34,35)36)12-13-23(22)27(16-8-18-38(31,32)33)24(25)11-5-6-15-26-20-9-3-2-4-10-20/h2-6,9-13,15,19H,7-8,14,16-18H2,1H3,(H3,28,29,30,31,32,33,34,35,36). The molecule has 212 valence electrons. The highest BCUT2D eigenvalue weighted by Crippen LogP contribution is 2.44. The summed E-state index contributed by atoms with van der Waals surface area (Å²) in [6.45, 7) is 1.86. The first-order valence-electron chi connectivity index (χ1n) is 11.9. The number of nitrogens with zero attached hydrogens (tertiary/aromatic N) is 1. The molecule has 1 unspecified atom stereocenters. The van der Waals surface area contributed by atoms with Crippen molar-refractivity contribution < 1.29 is 43.5 Å². The maximum Gasteiger partial charge on any atom is 0.294 e. The molecule has 1 heterocycles. The molecule has 3 N–H and O–H groups in total. The van der Waals surface area contributed by atoms with Crippen LogP contribution in [0.2, 0.25) is 0 Å². The third kappa shape index (κ3) is 8.55. The van der Waals surface area contributed by atoms with Crippen molar-refractivity contribution >= 4 is 47.4 Å². The van der Waals surface area contributed by atoms with Crippen LogP contribution in [0.25, 0.3) is 0 Å². The van der Waals surface area contributed by atoms with Gasteiger partial charge in [0.05, 0.1) is 26.2 Å². The summed E-state index contributed by atoms with van der Waals surface area (Å²) in [6, 6.07) is 13.4. The number of nitrogens with one attached hydrogen (secondary N) is 1. The number of hydrogen-bond acceptors (Lipinski definition) is 8. The van der Waals surface area contributed by atoms with Gasteiger partial charge >= 0.3 is 0 Å². The number of allylic oxidation sites excluding steroid dienone is 3. The lowest BCUT2D eigenvalue weighted by atomic mass is 9.76. The Morgan fingerprint density at radius 2 is 1.64 bits per heavy atom. The van der Waals surface area contributed by atoms with E-state index in [1.807, 2.05) is 30.3 Å². The molecule has 11 nitrogen and oxygen atoms in total. The van der Waals surface area contributed by atoms with Gasteiger partial charge in [-0.1, -0.05) is 24.3 Å². The molecule has 2 aromatic rings. The monoisotopic (exact) mass is 598 g/mol. The Kier molecular flexibility index (Phi) is 9.51. The zero-order valence-corrected chi connectivity index (χ0v) is 23.5. The van der Waals surface area contributed by atoms with Crippen LogP contribution >= 0.6 is 0 Å². The molecule has 0 radical (unpaired) electrons. The fourth-order valence-electron chi connectivity index (χ4n) is 4.58. The van der Waals surface area contributed by atoms with Crippen LogP contribution in [0.3, 0.4) is 0 Å². The second-order valence-electron chi connectivity index (χ2n) is 9.26. The molecular formula is C25H30N2O9S3. The van der Waals surface area contributed by atoms with Crippen molar-refractivity contribution in [3.05, 3.63) is 78.5 Å². The summed E-state index contributed by atoms with van der Waals surface area (Å²) in [5.74, 6) is -1.14. The first-order valence-corrected chi connectivity index (χ1v) is 16.5. The maximum absolute atomic E-state index is 11.9. The smallest absolute Gasteiger partial charge is 0.294 e. The molecule has 0 spiro atoms. The van der Waals surface area contributed by atoms with Crippen molar-refractivity contribution in [1.82, 2.24) is 0 Å². The molecule has 0 saturated carbocycles. The van der Waals surface area contributed by atoms with Gasteiger partial charge in [-0.05, 0) is 50.1 Å². The van der Waals surface area contributed by atoms with E-state index in [9.17, 15) is 38.9 Å². The molecule has 2 aromatic carbocycles. The normalized spacial score (nSPS) is 18.3. The minimum Gasteiger partial charge on any atom is -0.748 e. The molecule has 14 heteroatoms. The summed E-state index contributed by atoms with van der Waals surface area (Å²) in [7, 11) is -13.3. The summed E-state index contributed by atoms with van der Waals surface area (Å²) in [5.41, 5.74) is 1.44. The lowest BCUT2D eigenvalue weighted by Gasteiger charge is -2.22. The van der Waals surface area contributed by atoms with Gasteiger partial charge in [-0.2, -0.15) is 21.4 Å². The molecule has 0 saturated heterocycles. The lowest BCUT2D eigenvalue weighted by molar-refractivity contribution is -0.437. The first kappa shape index (κ1) is 30.7. The Balaban J connectivity index is 2.06. The van der Waals surface area contributed by atoms with Crippen molar-refractivity contribution in [3.8, 4) is 0 Å². The van der Waals surface area contributed by atoms with Gasteiger partial charge in [0.25, 0.3) is 20.2 Å². The summed E-state index contributed by atoms with van der Waals surface area (Å²) >= 11 is 0. The van der Waals surface area contributed by atoms with Gasteiger partial charge in [-0.25, -0.2) is 8.42 Å². The van der Waals surface area contributed by atoms with Gasteiger partial charge in [0.1, 0.15) is 6.54 Å². The van der Waals surface area contributed by atoms with E-state index < -0.39 is 47.3 Å². The number of para-hydroxylation sites is 1. The van der Waals surface area contributed by atoms with Crippen molar-refractivity contribution in [2.24, 2.45) is 0 Å². The number of rotatable bonds is 13. The Labute approximate surface area is 228 Å². The van der Waals surface area contributed by atoms with Gasteiger partial charge in [-0.3, -0.25) is 9.11 Å². The van der Waals surface area contributed by atoms with Crippen LogP contribution in [-0.4, -0.2) is 67.2 Å². The highest BCUT2D eigenvalue weighted by atomic mass is 32.2. The van der Waals surface area contributed by atoms with Crippen LogP contribution in [0.4, 0.5) is 11.4 Å². The van der Waals surface area contributed by atoms with Crippen LogP contribution in [0.1, 0.15) is 31.7 Å². The molecule has 0 fully saturated rings. The summed E-state index contributed by atoms with van der Waals surface area (Å²) in [6.07, 6.45) is 7.01. The minimum atomic E-state index is -4.56. The molecule has 0 amide bonds. The first-order chi connectivity index (χ1) is 18.1. The van der Waals surface area contributed by atoms with Crippen LogP contribution in [-0.2, 0) is 35.8 Å². The largest absolute Gasteiger partial charge is 0.748 e. The second-order valence-corrected chi connectivity index (χ2v) is 13.8. The molecule has 0 aromatic heterocycles. The Bertz CT molecular complexity index is 1610. The number of anilines is 1. The van der Waals surface area contributed by atoms with E-state index in [0.717, 1.165) is 5.69 Å². The highest BCUT2D eigenvalue weighted by molar-refractivity contribution is 7.86. The van der Waals surface area contributed by atoms with Gasteiger partial charge in [-0.15, -0.1) is 0 Å².